The molecule has 3 heterocycles. The molecule has 0 amide bonds. The van der Waals surface area contributed by atoms with Gasteiger partial charge in [0.2, 0.25) is 0 Å². The van der Waals surface area contributed by atoms with Gasteiger partial charge >= 0.3 is 0 Å². The zero-order chi connectivity index (χ0) is 11.8. The topological polar surface area (TPSA) is 54.2 Å². The zero-order valence-corrected chi connectivity index (χ0v) is 9.99. The third kappa shape index (κ3) is 1.46. The monoisotopic (exact) mass is 243 g/mol. The fourth-order valence-electron chi connectivity index (χ4n) is 1.91. The molecular formula is C12H9N3OS. The van der Waals surface area contributed by atoms with Gasteiger partial charge in [0.05, 0.1) is 24.4 Å². The Bertz CT molecular complexity index is 700. The highest BCUT2D eigenvalue weighted by Crippen LogP contribution is 2.28. The SMILES string of the molecule is Cc1csc2nc(-c3ccco3)c(CC#N)n12. The summed E-state index contributed by atoms with van der Waals surface area (Å²) in [5.74, 6) is 0.713. The van der Waals surface area contributed by atoms with Crippen LogP contribution in [-0.2, 0) is 6.42 Å². The second-order valence-electron chi connectivity index (χ2n) is 3.71. The number of fused-ring (bicyclic) bond motifs is 1. The normalized spacial score (nSPS) is 10.8. The van der Waals surface area contributed by atoms with Gasteiger partial charge in [-0.05, 0) is 19.1 Å². The molecule has 3 aromatic heterocycles. The first-order valence-electron chi connectivity index (χ1n) is 5.17. The fourth-order valence-corrected chi connectivity index (χ4v) is 2.80. The summed E-state index contributed by atoms with van der Waals surface area (Å²) in [6, 6.07) is 5.87. The first-order chi connectivity index (χ1) is 8.31. The van der Waals surface area contributed by atoms with Crippen LogP contribution in [0.3, 0.4) is 0 Å². The first-order valence-corrected chi connectivity index (χ1v) is 6.05. The van der Waals surface area contributed by atoms with E-state index >= 15 is 0 Å². The molecule has 3 rings (SSSR count). The summed E-state index contributed by atoms with van der Waals surface area (Å²) in [5, 5.41) is 11.0. The summed E-state index contributed by atoms with van der Waals surface area (Å²) >= 11 is 1.57. The lowest BCUT2D eigenvalue weighted by Gasteiger charge is -1.98. The van der Waals surface area contributed by atoms with E-state index in [4.69, 9.17) is 9.68 Å². The lowest BCUT2D eigenvalue weighted by molar-refractivity contribution is 0.580. The lowest BCUT2D eigenvalue weighted by Crippen LogP contribution is -1.93. The Morgan fingerprint density at radius 1 is 1.59 bits per heavy atom. The van der Waals surface area contributed by atoms with Gasteiger partial charge < -0.3 is 4.42 Å². The standard InChI is InChI=1S/C12H9N3OS/c1-8-7-17-12-14-11(10-3-2-6-16-10)9(4-5-13)15(8)12/h2-3,6-7H,4H2,1H3. The van der Waals surface area contributed by atoms with E-state index in [9.17, 15) is 0 Å². The van der Waals surface area contributed by atoms with Gasteiger partial charge in [0.25, 0.3) is 0 Å². The molecule has 5 heteroatoms. The summed E-state index contributed by atoms with van der Waals surface area (Å²) in [6.07, 6.45) is 1.94. The molecule has 0 N–H and O–H groups in total. The third-order valence-corrected chi connectivity index (χ3v) is 3.57. The molecule has 17 heavy (non-hydrogen) atoms. The van der Waals surface area contributed by atoms with Crippen LogP contribution in [0.2, 0.25) is 0 Å². The molecule has 4 nitrogen and oxygen atoms in total. The zero-order valence-electron chi connectivity index (χ0n) is 9.17. The Balaban J connectivity index is 2.31. The van der Waals surface area contributed by atoms with Crippen molar-refractivity contribution < 1.29 is 4.42 Å². The summed E-state index contributed by atoms with van der Waals surface area (Å²) in [7, 11) is 0. The summed E-state index contributed by atoms with van der Waals surface area (Å²) < 4.78 is 7.38. The van der Waals surface area contributed by atoms with Gasteiger partial charge in [0, 0.05) is 11.1 Å². The maximum absolute atomic E-state index is 8.93. The minimum atomic E-state index is 0.328. The van der Waals surface area contributed by atoms with E-state index in [0.717, 1.165) is 22.0 Å². The van der Waals surface area contributed by atoms with Crippen LogP contribution in [0.25, 0.3) is 16.4 Å². The van der Waals surface area contributed by atoms with Crippen LogP contribution in [0.1, 0.15) is 11.4 Å². The van der Waals surface area contributed by atoms with Crippen LogP contribution in [0.4, 0.5) is 0 Å². The minimum absolute atomic E-state index is 0.328. The second kappa shape index (κ2) is 3.75. The maximum atomic E-state index is 8.93. The van der Waals surface area contributed by atoms with Crippen molar-refractivity contribution in [1.82, 2.24) is 9.38 Å². The van der Waals surface area contributed by atoms with Crippen molar-refractivity contribution in [3.8, 4) is 17.5 Å². The van der Waals surface area contributed by atoms with Crippen LogP contribution < -0.4 is 0 Å². The Morgan fingerprint density at radius 3 is 3.18 bits per heavy atom. The van der Waals surface area contributed by atoms with Crippen molar-refractivity contribution in [2.45, 2.75) is 13.3 Å². The predicted octanol–water partition coefficient (Wildman–Crippen LogP) is 3.03. The molecule has 3 aromatic rings. The third-order valence-electron chi connectivity index (χ3n) is 2.63. The van der Waals surface area contributed by atoms with Crippen molar-refractivity contribution in [1.29, 1.82) is 5.26 Å². The number of aryl methyl sites for hydroxylation is 1. The Hall–Kier alpha value is -2.06. The number of hydrogen-bond acceptors (Lipinski definition) is 4. The van der Waals surface area contributed by atoms with Gasteiger partial charge in [-0.15, -0.1) is 11.3 Å². The molecule has 0 aliphatic carbocycles. The van der Waals surface area contributed by atoms with E-state index in [1.54, 1.807) is 17.6 Å². The molecule has 0 radical (unpaired) electrons. The summed E-state index contributed by atoms with van der Waals surface area (Å²) in [4.78, 5) is 5.43. The predicted molar refractivity (Wildman–Crippen MR) is 64.8 cm³/mol. The van der Waals surface area contributed by atoms with Gasteiger partial charge in [-0.1, -0.05) is 0 Å². The van der Waals surface area contributed by atoms with Crippen LogP contribution >= 0.6 is 11.3 Å². The second-order valence-corrected chi connectivity index (χ2v) is 4.55. The highest BCUT2D eigenvalue weighted by molar-refractivity contribution is 7.15. The van der Waals surface area contributed by atoms with Crippen LogP contribution in [-0.4, -0.2) is 9.38 Å². The molecule has 0 aromatic carbocycles. The highest BCUT2D eigenvalue weighted by atomic mass is 32.1. The smallest absolute Gasteiger partial charge is 0.194 e. The molecule has 0 saturated heterocycles. The van der Waals surface area contributed by atoms with E-state index in [1.807, 2.05) is 28.8 Å². The molecule has 0 aliphatic heterocycles. The molecule has 0 atom stereocenters. The van der Waals surface area contributed by atoms with Gasteiger partial charge in [0.1, 0.15) is 5.69 Å². The lowest BCUT2D eigenvalue weighted by atomic mass is 10.2. The van der Waals surface area contributed by atoms with E-state index in [-0.39, 0.29) is 0 Å². The van der Waals surface area contributed by atoms with Crippen molar-refractivity contribution >= 4 is 16.3 Å². The fraction of sp³-hybridized carbons (Fsp3) is 0.167. The minimum Gasteiger partial charge on any atom is -0.463 e. The largest absolute Gasteiger partial charge is 0.463 e. The summed E-state index contributed by atoms with van der Waals surface area (Å²) in [6.45, 7) is 2.01. The first kappa shape index (κ1) is 10.1. The number of nitriles is 1. The number of rotatable bonds is 2. The Kier molecular flexibility index (Phi) is 2.23. The van der Waals surface area contributed by atoms with E-state index in [0.29, 0.717) is 12.2 Å². The average Bonchev–Trinajstić information content (AvgIpc) is 2.98. The number of imidazole rings is 1. The van der Waals surface area contributed by atoms with Gasteiger partial charge in [-0.3, -0.25) is 4.40 Å². The summed E-state index contributed by atoms with van der Waals surface area (Å²) in [5.41, 5.74) is 2.77. The van der Waals surface area contributed by atoms with Gasteiger partial charge in [-0.25, -0.2) is 4.98 Å². The number of hydrogen-bond donors (Lipinski definition) is 0. The number of nitrogens with zero attached hydrogens (tertiary/aromatic N) is 3. The van der Waals surface area contributed by atoms with Crippen molar-refractivity contribution in [2.75, 3.05) is 0 Å². The van der Waals surface area contributed by atoms with Crippen molar-refractivity contribution in [3.05, 3.63) is 35.2 Å². The maximum Gasteiger partial charge on any atom is 0.194 e. The molecule has 0 fully saturated rings. The quantitative estimate of drug-likeness (QED) is 0.695. The Labute approximate surface area is 102 Å². The van der Waals surface area contributed by atoms with Crippen LogP contribution in [0, 0.1) is 18.3 Å². The highest BCUT2D eigenvalue weighted by Gasteiger charge is 2.17. The van der Waals surface area contributed by atoms with E-state index in [1.165, 1.54) is 0 Å². The van der Waals surface area contributed by atoms with Crippen LogP contribution in [0.5, 0.6) is 0 Å². The molecule has 0 unspecified atom stereocenters. The van der Waals surface area contributed by atoms with Gasteiger partial charge in [-0.2, -0.15) is 5.26 Å². The molecule has 0 bridgehead atoms. The molecule has 84 valence electrons. The van der Waals surface area contributed by atoms with Crippen molar-refractivity contribution in [2.24, 2.45) is 0 Å². The molecule has 0 aliphatic rings. The van der Waals surface area contributed by atoms with Crippen LogP contribution in [0.15, 0.2) is 28.2 Å². The van der Waals surface area contributed by atoms with Gasteiger partial charge in [0.15, 0.2) is 10.7 Å². The van der Waals surface area contributed by atoms with Crippen molar-refractivity contribution in [3.63, 3.8) is 0 Å². The van der Waals surface area contributed by atoms with E-state index < -0.39 is 0 Å². The number of aromatic nitrogens is 2. The molecule has 0 spiro atoms. The molecular weight excluding hydrogens is 234 g/mol. The number of furan rings is 1. The molecule has 0 saturated carbocycles. The van der Waals surface area contributed by atoms with E-state index in [2.05, 4.69) is 11.1 Å². The Morgan fingerprint density at radius 2 is 2.47 bits per heavy atom. The average molecular weight is 243 g/mol. The number of thiazole rings is 1.